The van der Waals surface area contributed by atoms with Gasteiger partial charge in [-0.05, 0) is 30.6 Å². The number of rotatable bonds is 7. The van der Waals surface area contributed by atoms with Gasteiger partial charge in [0, 0.05) is 32.7 Å². The third-order valence-electron chi connectivity index (χ3n) is 4.41. The molecule has 0 bridgehead atoms. The van der Waals surface area contributed by atoms with Gasteiger partial charge in [0.1, 0.15) is 0 Å². The van der Waals surface area contributed by atoms with E-state index >= 15 is 0 Å². The molecule has 2 aliphatic rings. The van der Waals surface area contributed by atoms with Crippen molar-refractivity contribution in [1.29, 1.82) is 0 Å². The molecule has 0 radical (unpaired) electrons. The maximum Gasteiger partial charge on any atom is 0.225 e. The van der Waals surface area contributed by atoms with Crippen LogP contribution in [-0.2, 0) is 9.59 Å². The number of nitrogens with zero attached hydrogens (tertiary/aromatic N) is 1. The van der Waals surface area contributed by atoms with Crippen LogP contribution in [0.2, 0.25) is 0 Å². The second-order valence-electron chi connectivity index (χ2n) is 6.79. The molecule has 5 nitrogen and oxygen atoms in total. The largest absolute Gasteiger partial charge is 0.396 e. The van der Waals surface area contributed by atoms with Crippen molar-refractivity contribution in [3.63, 3.8) is 0 Å². The number of hydrogen-bond acceptors (Lipinski definition) is 3. The van der Waals surface area contributed by atoms with Crippen LogP contribution in [0.25, 0.3) is 0 Å². The van der Waals surface area contributed by atoms with Crippen molar-refractivity contribution in [1.82, 2.24) is 10.2 Å². The number of aliphatic hydroxyl groups is 1. The summed E-state index contributed by atoms with van der Waals surface area (Å²) in [5.74, 6) is 0.315. The maximum atomic E-state index is 12.1. The third kappa shape index (κ3) is 3.72. The summed E-state index contributed by atoms with van der Waals surface area (Å²) >= 11 is 0. The molecule has 2 amide bonds. The average Bonchev–Trinajstić information content (AvgIpc) is 3.05. The van der Waals surface area contributed by atoms with E-state index in [0.717, 1.165) is 25.8 Å². The molecule has 2 fully saturated rings. The van der Waals surface area contributed by atoms with E-state index in [1.807, 2.05) is 0 Å². The lowest BCUT2D eigenvalue weighted by molar-refractivity contribution is -0.129. The maximum absolute atomic E-state index is 12.1. The summed E-state index contributed by atoms with van der Waals surface area (Å²) in [6.07, 6.45) is 3.26. The van der Waals surface area contributed by atoms with Crippen LogP contribution in [0.15, 0.2) is 0 Å². The minimum Gasteiger partial charge on any atom is -0.396 e. The third-order valence-corrected chi connectivity index (χ3v) is 4.41. The van der Waals surface area contributed by atoms with Crippen LogP contribution < -0.4 is 5.32 Å². The van der Waals surface area contributed by atoms with E-state index in [2.05, 4.69) is 19.2 Å². The molecule has 5 heteroatoms. The predicted octanol–water partition coefficient (Wildman–Crippen LogP) is 0.770. The zero-order valence-electron chi connectivity index (χ0n) is 12.5. The van der Waals surface area contributed by atoms with Crippen molar-refractivity contribution >= 4 is 11.8 Å². The zero-order chi connectivity index (χ0) is 14.8. The lowest BCUT2D eigenvalue weighted by Gasteiger charge is -2.19. The number of amides is 2. The van der Waals surface area contributed by atoms with Crippen LogP contribution in [0.5, 0.6) is 0 Å². The highest BCUT2D eigenvalue weighted by atomic mass is 16.3. The Kier molecular flexibility index (Phi) is 4.68. The number of carbonyl (C=O) groups excluding carboxylic acids is 2. The lowest BCUT2D eigenvalue weighted by atomic mass is 10.0. The Morgan fingerprint density at radius 3 is 2.75 bits per heavy atom. The summed E-state index contributed by atoms with van der Waals surface area (Å²) in [4.78, 5) is 25.8. The van der Waals surface area contributed by atoms with Crippen molar-refractivity contribution in [3.05, 3.63) is 0 Å². The topological polar surface area (TPSA) is 69.6 Å². The van der Waals surface area contributed by atoms with Gasteiger partial charge >= 0.3 is 0 Å². The van der Waals surface area contributed by atoms with Gasteiger partial charge in [0.2, 0.25) is 11.8 Å². The van der Waals surface area contributed by atoms with E-state index in [0.29, 0.717) is 25.4 Å². The fraction of sp³-hybridized carbons (Fsp3) is 0.867. The van der Waals surface area contributed by atoms with Gasteiger partial charge in [-0.3, -0.25) is 9.59 Å². The highest BCUT2D eigenvalue weighted by molar-refractivity contribution is 5.89. The van der Waals surface area contributed by atoms with Gasteiger partial charge in [0.25, 0.3) is 0 Å². The van der Waals surface area contributed by atoms with Crippen LogP contribution in [0.4, 0.5) is 0 Å². The summed E-state index contributed by atoms with van der Waals surface area (Å²) < 4.78 is 0. The monoisotopic (exact) mass is 282 g/mol. The molecule has 114 valence electrons. The molecule has 1 heterocycles. The summed E-state index contributed by atoms with van der Waals surface area (Å²) in [6.45, 7) is 6.26. The zero-order valence-corrected chi connectivity index (χ0v) is 12.5. The summed E-state index contributed by atoms with van der Waals surface area (Å²) in [5.41, 5.74) is 0.130. The molecule has 1 atom stereocenters. The van der Waals surface area contributed by atoms with Crippen molar-refractivity contribution in [2.75, 3.05) is 26.2 Å². The van der Waals surface area contributed by atoms with Crippen molar-refractivity contribution in [2.24, 2.45) is 17.3 Å². The van der Waals surface area contributed by atoms with Crippen molar-refractivity contribution in [3.8, 4) is 0 Å². The van der Waals surface area contributed by atoms with Crippen LogP contribution in [0.3, 0.4) is 0 Å². The summed E-state index contributed by atoms with van der Waals surface area (Å²) in [7, 11) is 0. The minimum absolute atomic E-state index is 0.00572. The number of nitrogens with one attached hydrogen (secondary N) is 1. The molecule has 0 aromatic carbocycles. The van der Waals surface area contributed by atoms with Crippen LogP contribution >= 0.6 is 0 Å². The van der Waals surface area contributed by atoms with E-state index in [1.54, 1.807) is 4.90 Å². The number of aliphatic hydroxyl groups excluding tert-OH is 1. The van der Waals surface area contributed by atoms with Gasteiger partial charge in [-0.2, -0.15) is 0 Å². The highest BCUT2D eigenvalue weighted by Crippen LogP contribution is 2.47. The van der Waals surface area contributed by atoms with Crippen LogP contribution in [0.1, 0.15) is 39.5 Å². The minimum atomic E-state index is -0.203. The number of likely N-dealkylation sites (tertiary alicyclic amines) is 1. The van der Waals surface area contributed by atoms with Crippen molar-refractivity contribution in [2.45, 2.75) is 39.5 Å². The van der Waals surface area contributed by atoms with E-state index in [9.17, 15) is 9.59 Å². The SMILES string of the molecule is CC(C)CN1CC(C(=O)NCC2(CCO)CC2)CC1=O. The first kappa shape index (κ1) is 15.3. The lowest BCUT2D eigenvalue weighted by Crippen LogP contribution is -2.37. The second-order valence-corrected chi connectivity index (χ2v) is 6.79. The Morgan fingerprint density at radius 1 is 1.50 bits per heavy atom. The van der Waals surface area contributed by atoms with E-state index in [-0.39, 0.29) is 29.8 Å². The first-order valence-electron chi connectivity index (χ1n) is 7.62. The molecule has 0 aromatic heterocycles. The van der Waals surface area contributed by atoms with E-state index in [4.69, 9.17) is 5.11 Å². The van der Waals surface area contributed by atoms with Gasteiger partial charge in [-0.15, -0.1) is 0 Å². The Bertz CT molecular complexity index is 377. The molecule has 0 spiro atoms. The Morgan fingerprint density at radius 2 is 2.20 bits per heavy atom. The Balaban J connectivity index is 1.78. The Labute approximate surface area is 120 Å². The highest BCUT2D eigenvalue weighted by Gasteiger charge is 2.43. The molecule has 2 rings (SSSR count). The molecule has 2 N–H and O–H groups in total. The molecular weight excluding hydrogens is 256 g/mol. The second kappa shape index (κ2) is 6.12. The molecule has 20 heavy (non-hydrogen) atoms. The molecule has 1 aliphatic heterocycles. The van der Waals surface area contributed by atoms with Crippen LogP contribution in [-0.4, -0.2) is 48.1 Å². The van der Waals surface area contributed by atoms with E-state index < -0.39 is 0 Å². The number of hydrogen-bond donors (Lipinski definition) is 2. The van der Waals surface area contributed by atoms with Gasteiger partial charge < -0.3 is 15.3 Å². The summed E-state index contributed by atoms with van der Waals surface area (Å²) in [5, 5.41) is 12.0. The molecular formula is C15H26N2O3. The van der Waals surface area contributed by atoms with E-state index in [1.165, 1.54) is 0 Å². The molecule has 1 saturated heterocycles. The summed E-state index contributed by atoms with van der Waals surface area (Å²) in [6, 6.07) is 0. The number of carbonyl (C=O) groups is 2. The smallest absolute Gasteiger partial charge is 0.225 e. The van der Waals surface area contributed by atoms with Gasteiger partial charge in [-0.1, -0.05) is 13.8 Å². The Hall–Kier alpha value is -1.10. The normalized spacial score (nSPS) is 24.3. The first-order valence-corrected chi connectivity index (χ1v) is 7.62. The standard InChI is InChI=1S/C15H26N2O3/c1-11(2)8-17-9-12(7-13(17)19)14(20)16-10-15(3-4-15)5-6-18/h11-12,18H,3-10H2,1-2H3,(H,16,20). The molecule has 1 unspecified atom stereocenters. The average molecular weight is 282 g/mol. The van der Waals surface area contributed by atoms with Gasteiger partial charge in [-0.25, -0.2) is 0 Å². The van der Waals surface area contributed by atoms with Gasteiger partial charge in [0.15, 0.2) is 0 Å². The molecule has 0 aromatic rings. The molecule has 1 saturated carbocycles. The molecule has 1 aliphatic carbocycles. The van der Waals surface area contributed by atoms with Crippen molar-refractivity contribution < 1.29 is 14.7 Å². The van der Waals surface area contributed by atoms with Gasteiger partial charge in [0.05, 0.1) is 5.92 Å². The fourth-order valence-corrected chi connectivity index (χ4v) is 2.91. The quantitative estimate of drug-likeness (QED) is 0.724. The fourth-order valence-electron chi connectivity index (χ4n) is 2.91. The first-order chi connectivity index (χ1) is 9.46. The predicted molar refractivity (Wildman–Crippen MR) is 75.9 cm³/mol. The van der Waals surface area contributed by atoms with Crippen LogP contribution in [0, 0.1) is 17.3 Å².